The van der Waals surface area contributed by atoms with Gasteiger partial charge < -0.3 is 10.1 Å². The first kappa shape index (κ1) is 22.5. The molecule has 6 nitrogen and oxygen atoms in total. The van der Waals surface area contributed by atoms with E-state index in [1.54, 1.807) is 30.7 Å². The van der Waals surface area contributed by atoms with Crippen LogP contribution in [0.3, 0.4) is 0 Å². The molecule has 0 fully saturated rings. The summed E-state index contributed by atoms with van der Waals surface area (Å²) < 4.78 is 7.54. The molecule has 0 aliphatic heterocycles. The van der Waals surface area contributed by atoms with Crippen molar-refractivity contribution < 1.29 is 9.53 Å². The molecule has 1 aromatic heterocycles. The summed E-state index contributed by atoms with van der Waals surface area (Å²) in [5.74, 6) is -0.146. The molecule has 0 bridgehead atoms. The predicted octanol–water partition coefficient (Wildman–Crippen LogP) is 4.49. The molecule has 0 spiro atoms. The predicted molar refractivity (Wildman–Crippen MR) is 125 cm³/mol. The van der Waals surface area contributed by atoms with Gasteiger partial charge in [0, 0.05) is 17.3 Å². The Morgan fingerprint density at radius 3 is 2.67 bits per heavy atom. The SMILES string of the molecule is CCc1ccc(NC(=O)C(C)Sc2nc3ccc(Br)cc3c(=O)n2CCOC)cc1. The number of rotatable bonds is 8. The molecule has 1 unspecified atom stereocenters. The average molecular weight is 490 g/mol. The third-order valence-electron chi connectivity index (χ3n) is 4.68. The second-order valence-corrected chi connectivity index (χ2v) is 9.03. The van der Waals surface area contributed by atoms with Crippen molar-refractivity contribution in [3.05, 3.63) is 62.9 Å². The maximum absolute atomic E-state index is 13.0. The van der Waals surface area contributed by atoms with Gasteiger partial charge in [-0.25, -0.2) is 4.98 Å². The highest BCUT2D eigenvalue weighted by Crippen LogP contribution is 2.25. The number of thioether (sulfide) groups is 1. The van der Waals surface area contributed by atoms with Crippen LogP contribution in [0.5, 0.6) is 0 Å². The molecule has 0 saturated carbocycles. The van der Waals surface area contributed by atoms with Crippen LogP contribution in [0, 0.1) is 0 Å². The standard InChI is InChI=1S/C22H24BrN3O3S/c1-4-15-5-8-17(9-6-15)24-20(27)14(2)30-22-25-19-10-7-16(23)13-18(19)21(28)26(22)11-12-29-3/h5-10,13-14H,4,11-12H2,1-3H3,(H,24,27). The Morgan fingerprint density at radius 1 is 1.27 bits per heavy atom. The Bertz CT molecular complexity index is 1100. The lowest BCUT2D eigenvalue weighted by Gasteiger charge is -2.16. The Hall–Kier alpha value is -2.16. The molecule has 3 aromatic rings. The molecule has 3 rings (SSSR count). The number of anilines is 1. The fourth-order valence-electron chi connectivity index (χ4n) is 2.92. The summed E-state index contributed by atoms with van der Waals surface area (Å²) >= 11 is 4.66. The number of carbonyl (C=O) groups is 1. The first-order valence-corrected chi connectivity index (χ1v) is 11.4. The van der Waals surface area contributed by atoms with E-state index in [0.29, 0.717) is 29.2 Å². The van der Waals surface area contributed by atoms with Crippen LogP contribution in [0.25, 0.3) is 10.9 Å². The summed E-state index contributed by atoms with van der Waals surface area (Å²) in [7, 11) is 1.59. The van der Waals surface area contributed by atoms with Crippen molar-refractivity contribution in [2.45, 2.75) is 37.2 Å². The third-order valence-corrected chi connectivity index (χ3v) is 6.26. The van der Waals surface area contributed by atoms with Gasteiger partial charge >= 0.3 is 0 Å². The van der Waals surface area contributed by atoms with Crippen LogP contribution in [-0.2, 0) is 22.5 Å². The number of hydrogen-bond acceptors (Lipinski definition) is 5. The van der Waals surface area contributed by atoms with Crippen LogP contribution in [0.1, 0.15) is 19.4 Å². The molecule has 1 N–H and O–H groups in total. The van der Waals surface area contributed by atoms with Gasteiger partial charge in [0.05, 0.1) is 29.3 Å². The van der Waals surface area contributed by atoms with Gasteiger partial charge in [0.2, 0.25) is 5.91 Å². The summed E-state index contributed by atoms with van der Waals surface area (Å²) in [6.07, 6.45) is 0.948. The first-order chi connectivity index (χ1) is 14.4. The number of fused-ring (bicyclic) bond motifs is 1. The van der Waals surface area contributed by atoms with Crippen LogP contribution in [0.4, 0.5) is 5.69 Å². The monoisotopic (exact) mass is 489 g/mol. The van der Waals surface area contributed by atoms with E-state index in [4.69, 9.17) is 4.74 Å². The van der Waals surface area contributed by atoms with Crippen molar-refractivity contribution >= 4 is 50.2 Å². The van der Waals surface area contributed by atoms with Gasteiger partial charge in [0.25, 0.3) is 5.56 Å². The maximum atomic E-state index is 13.0. The van der Waals surface area contributed by atoms with Crippen molar-refractivity contribution in [1.82, 2.24) is 9.55 Å². The fraction of sp³-hybridized carbons (Fsp3) is 0.318. The van der Waals surface area contributed by atoms with E-state index < -0.39 is 5.25 Å². The third kappa shape index (κ3) is 5.30. The highest BCUT2D eigenvalue weighted by Gasteiger charge is 2.20. The van der Waals surface area contributed by atoms with Gasteiger partial charge in [-0.15, -0.1) is 0 Å². The molecule has 1 heterocycles. The van der Waals surface area contributed by atoms with Gasteiger partial charge in [-0.1, -0.05) is 46.7 Å². The lowest BCUT2D eigenvalue weighted by atomic mass is 10.1. The van der Waals surface area contributed by atoms with E-state index in [2.05, 4.69) is 33.2 Å². The Kier molecular flexibility index (Phi) is 7.69. The van der Waals surface area contributed by atoms with E-state index in [1.165, 1.54) is 17.3 Å². The molecule has 2 aromatic carbocycles. The lowest BCUT2D eigenvalue weighted by molar-refractivity contribution is -0.115. The molecule has 0 radical (unpaired) electrons. The maximum Gasteiger partial charge on any atom is 0.262 e. The summed E-state index contributed by atoms with van der Waals surface area (Å²) in [5, 5.41) is 3.51. The Morgan fingerprint density at radius 2 is 2.00 bits per heavy atom. The normalized spacial score (nSPS) is 12.1. The molecule has 0 saturated heterocycles. The zero-order valence-corrected chi connectivity index (χ0v) is 19.5. The summed E-state index contributed by atoms with van der Waals surface area (Å²) in [6, 6.07) is 13.2. The highest BCUT2D eigenvalue weighted by atomic mass is 79.9. The van der Waals surface area contributed by atoms with E-state index >= 15 is 0 Å². The second-order valence-electron chi connectivity index (χ2n) is 6.81. The number of benzene rings is 2. The Labute approximate surface area is 188 Å². The molecule has 0 aliphatic rings. The molecule has 1 atom stereocenters. The van der Waals surface area contributed by atoms with Gasteiger partial charge in [-0.05, 0) is 49.2 Å². The van der Waals surface area contributed by atoms with Crippen molar-refractivity contribution in [3.63, 3.8) is 0 Å². The smallest absolute Gasteiger partial charge is 0.262 e. The highest BCUT2D eigenvalue weighted by molar-refractivity contribution is 9.10. The zero-order valence-electron chi connectivity index (χ0n) is 17.1. The average Bonchev–Trinajstić information content (AvgIpc) is 2.74. The summed E-state index contributed by atoms with van der Waals surface area (Å²) in [6.45, 7) is 4.63. The van der Waals surface area contributed by atoms with Crippen LogP contribution >= 0.6 is 27.7 Å². The van der Waals surface area contributed by atoms with E-state index in [1.807, 2.05) is 30.3 Å². The van der Waals surface area contributed by atoms with Crippen molar-refractivity contribution in [3.8, 4) is 0 Å². The minimum atomic E-state index is -0.440. The van der Waals surface area contributed by atoms with E-state index in [9.17, 15) is 9.59 Å². The minimum Gasteiger partial charge on any atom is -0.383 e. The number of methoxy groups -OCH3 is 1. The number of ether oxygens (including phenoxy) is 1. The second kappa shape index (κ2) is 10.2. The Balaban J connectivity index is 1.85. The number of aryl methyl sites for hydroxylation is 1. The summed E-state index contributed by atoms with van der Waals surface area (Å²) in [4.78, 5) is 30.4. The molecule has 30 heavy (non-hydrogen) atoms. The number of halogens is 1. The van der Waals surface area contributed by atoms with Gasteiger partial charge in [-0.2, -0.15) is 0 Å². The van der Waals surface area contributed by atoms with Crippen LogP contribution in [0.2, 0.25) is 0 Å². The van der Waals surface area contributed by atoms with Gasteiger partial charge in [0.1, 0.15) is 0 Å². The largest absolute Gasteiger partial charge is 0.383 e. The summed E-state index contributed by atoms with van der Waals surface area (Å²) in [5.41, 5.74) is 2.41. The molecule has 0 aliphatic carbocycles. The van der Waals surface area contributed by atoms with Crippen LogP contribution < -0.4 is 10.9 Å². The number of nitrogens with one attached hydrogen (secondary N) is 1. The van der Waals surface area contributed by atoms with E-state index in [-0.39, 0.29) is 11.5 Å². The van der Waals surface area contributed by atoms with Crippen LogP contribution in [0.15, 0.2) is 56.9 Å². The minimum absolute atomic E-state index is 0.146. The van der Waals surface area contributed by atoms with Crippen LogP contribution in [-0.4, -0.2) is 34.4 Å². The zero-order chi connectivity index (χ0) is 21.7. The number of amides is 1. The molecule has 1 amide bonds. The van der Waals surface area contributed by atoms with Gasteiger partial charge in [-0.3, -0.25) is 14.2 Å². The topological polar surface area (TPSA) is 73.2 Å². The lowest BCUT2D eigenvalue weighted by Crippen LogP contribution is -2.28. The first-order valence-electron chi connectivity index (χ1n) is 9.68. The van der Waals surface area contributed by atoms with Crippen molar-refractivity contribution in [2.75, 3.05) is 19.0 Å². The quantitative estimate of drug-likeness (QED) is 0.372. The number of hydrogen-bond donors (Lipinski definition) is 1. The molecular weight excluding hydrogens is 466 g/mol. The van der Waals surface area contributed by atoms with Gasteiger partial charge in [0.15, 0.2) is 5.16 Å². The van der Waals surface area contributed by atoms with Crippen molar-refractivity contribution in [1.29, 1.82) is 0 Å². The van der Waals surface area contributed by atoms with Crippen molar-refractivity contribution in [2.24, 2.45) is 0 Å². The molecular formula is C22H24BrN3O3S. The molecule has 158 valence electrons. The fourth-order valence-corrected chi connectivity index (χ4v) is 4.22. The number of nitrogens with zero attached hydrogens (tertiary/aromatic N) is 2. The molecule has 8 heteroatoms. The number of aromatic nitrogens is 2. The number of carbonyl (C=O) groups excluding carboxylic acids is 1. The van der Waals surface area contributed by atoms with E-state index in [0.717, 1.165) is 16.6 Å².